The van der Waals surface area contributed by atoms with Crippen molar-refractivity contribution in [3.8, 4) is 17.0 Å². The van der Waals surface area contributed by atoms with Gasteiger partial charge in [0, 0.05) is 24.2 Å². The maximum absolute atomic E-state index is 12.6. The van der Waals surface area contributed by atoms with Crippen LogP contribution >= 0.6 is 0 Å². The average Bonchev–Trinajstić information content (AvgIpc) is 2.98. The minimum absolute atomic E-state index is 0.159. The van der Waals surface area contributed by atoms with Crippen molar-refractivity contribution in [1.82, 2.24) is 14.7 Å². The molecule has 3 heterocycles. The first-order valence-corrected chi connectivity index (χ1v) is 8.27. The highest BCUT2D eigenvalue weighted by Gasteiger charge is 2.25. The van der Waals surface area contributed by atoms with Gasteiger partial charge in [0.05, 0.1) is 11.9 Å². The van der Waals surface area contributed by atoms with Gasteiger partial charge in [-0.1, -0.05) is 19.1 Å². The topological polar surface area (TPSA) is 47.4 Å². The van der Waals surface area contributed by atoms with Crippen LogP contribution in [0.1, 0.15) is 25.3 Å². The van der Waals surface area contributed by atoms with Gasteiger partial charge in [0.15, 0.2) is 0 Å². The molecular formula is C18H21N3O2. The fourth-order valence-electron chi connectivity index (χ4n) is 3.55. The summed E-state index contributed by atoms with van der Waals surface area (Å²) < 4.78 is 7.58. The van der Waals surface area contributed by atoms with E-state index in [4.69, 9.17) is 4.74 Å². The second-order valence-corrected chi connectivity index (χ2v) is 6.55. The van der Waals surface area contributed by atoms with Gasteiger partial charge in [-0.3, -0.25) is 9.48 Å². The molecule has 2 aliphatic heterocycles. The number of ether oxygens (including phenoxy) is 1. The molecule has 1 aromatic heterocycles. The molecule has 0 saturated carbocycles. The van der Waals surface area contributed by atoms with Crippen molar-refractivity contribution in [2.24, 2.45) is 5.92 Å². The summed E-state index contributed by atoms with van der Waals surface area (Å²) in [6, 6.07) is 7.94. The lowest BCUT2D eigenvalue weighted by Gasteiger charge is -2.31. The van der Waals surface area contributed by atoms with Crippen LogP contribution in [-0.2, 0) is 17.9 Å². The summed E-state index contributed by atoms with van der Waals surface area (Å²) in [5.74, 6) is 1.61. The maximum Gasteiger partial charge on any atom is 0.244 e. The molecule has 4 rings (SSSR count). The van der Waals surface area contributed by atoms with Gasteiger partial charge in [0.25, 0.3) is 0 Å². The highest BCUT2D eigenvalue weighted by Crippen LogP contribution is 2.37. The Morgan fingerprint density at radius 1 is 1.39 bits per heavy atom. The zero-order valence-electron chi connectivity index (χ0n) is 13.4. The molecule has 0 N–H and O–H groups in total. The fraction of sp³-hybridized carbons (Fsp3) is 0.444. The zero-order chi connectivity index (χ0) is 15.8. The number of benzene rings is 1. The van der Waals surface area contributed by atoms with Crippen LogP contribution in [0.3, 0.4) is 0 Å². The first kappa shape index (κ1) is 14.3. The Kier molecular flexibility index (Phi) is 3.56. The first-order valence-electron chi connectivity index (χ1n) is 8.27. The van der Waals surface area contributed by atoms with Gasteiger partial charge in [0.2, 0.25) is 5.91 Å². The Balaban J connectivity index is 1.60. The zero-order valence-corrected chi connectivity index (χ0v) is 13.4. The van der Waals surface area contributed by atoms with Crippen molar-refractivity contribution in [2.75, 3.05) is 13.1 Å². The van der Waals surface area contributed by atoms with E-state index in [-0.39, 0.29) is 5.91 Å². The SMILES string of the molecule is C[C@H]1CCCN(C(=O)Cn2ncc3c2-c2ccccc2OC3)C1. The number of hydrogen-bond donors (Lipinski definition) is 0. The highest BCUT2D eigenvalue weighted by atomic mass is 16.5. The smallest absolute Gasteiger partial charge is 0.244 e. The lowest BCUT2D eigenvalue weighted by Crippen LogP contribution is -2.41. The summed E-state index contributed by atoms with van der Waals surface area (Å²) in [5.41, 5.74) is 3.08. The molecule has 120 valence electrons. The quantitative estimate of drug-likeness (QED) is 0.857. The largest absolute Gasteiger partial charge is 0.488 e. The number of carbonyl (C=O) groups is 1. The first-order chi connectivity index (χ1) is 11.2. The predicted molar refractivity (Wildman–Crippen MR) is 87.0 cm³/mol. The molecule has 0 aliphatic carbocycles. The van der Waals surface area contributed by atoms with E-state index in [0.717, 1.165) is 42.1 Å². The number of hydrogen-bond acceptors (Lipinski definition) is 3. The summed E-state index contributed by atoms with van der Waals surface area (Å²) >= 11 is 0. The second kappa shape index (κ2) is 5.72. The van der Waals surface area contributed by atoms with Crippen LogP contribution in [0.25, 0.3) is 11.3 Å². The Labute approximate surface area is 135 Å². The van der Waals surface area contributed by atoms with Crippen LogP contribution in [0.15, 0.2) is 30.5 Å². The summed E-state index contributed by atoms with van der Waals surface area (Å²) in [4.78, 5) is 14.6. The Bertz CT molecular complexity index is 738. The Morgan fingerprint density at radius 3 is 3.13 bits per heavy atom. The van der Waals surface area contributed by atoms with Gasteiger partial charge < -0.3 is 9.64 Å². The molecule has 2 aliphatic rings. The summed E-state index contributed by atoms with van der Waals surface area (Å²) in [6.07, 6.45) is 4.13. The Morgan fingerprint density at radius 2 is 2.26 bits per heavy atom. The molecule has 1 fully saturated rings. The summed E-state index contributed by atoms with van der Waals surface area (Å²) in [7, 11) is 0. The summed E-state index contributed by atoms with van der Waals surface area (Å²) in [5, 5.41) is 4.44. The van der Waals surface area contributed by atoms with Gasteiger partial charge in [-0.2, -0.15) is 5.10 Å². The number of nitrogens with zero attached hydrogens (tertiary/aromatic N) is 3. The number of amides is 1. The van der Waals surface area contributed by atoms with Gasteiger partial charge >= 0.3 is 0 Å². The normalized spacial score (nSPS) is 19.7. The van der Waals surface area contributed by atoms with Crippen LogP contribution in [0.2, 0.25) is 0 Å². The van der Waals surface area contributed by atoms with E-state index in [9.17, 15) is 4.79 Å². The average molecular weight is 311 g/mol. The third kappa shape index (κ3) is 2.60. The van der Waals surface area contributed by atoms with E-state index >= 15 is 0 Å². The number of para-hydroxylation sites is 1. The molecule has 0 bridgehead atoms. The van der Waals surface area contributed by atoms with Crippen LogP contribution in [0.5, 0.6) is 5.75 Å². The monoisotopic (exact) mass is 311 g/mol. The molecule has 5 nitrogen and oxygen atoms in total. The number of aromatic nitrogens is 2. The lowest BCUT2D eigenvalue weighted by atomic mass is 10.0. The molecule has 0 unspecified atom stereocenters. The standard InChI is InChI=1S/C18H21N3O2/c1-13-5-4-8-20(10-13)17(22)11-21-18-14(9-19-21)12-23-16-7-3-2-6-15(16)18/h2-3,6-7,9,13H,4-5,8,10-12H2,1H3/t13-/m0/s1. The molecule has 1 aromatic carbocycles. The molecule has 1 saturated heterocycles. The van der Waals surface area contributed by atoms with Crippen molar-refractivity contribution in [3.05, 3.63) is 36.0 Å². The van der Waals surface area contributed by atoms with Crippen molar-refractivity contribution >= 4 is 5.91 Å². The molecule has 2 aromatic rings. The summed E-state index contributed by atoms with van der Waals surface area (Å²) in [6.45, 7) is 4.76. The van der Waals surface area contributed by atoms with E-state index in [1.807, 2.05) is 40.0 Å². The number of rotatable bonds is 2. The van der Waals surface area contributed by atoms with E-state index in [1.54, 1.807) is 0 Å². The van der Waals surface area contributed by atoms with Gasteiger partial charge in [-0.05, 0) is 30.9 Å². The molecule has 1 amide bonds. The second-order valence-electron chi connectivity index (χ2n) is 6.55. The molecule has 5 heteroatoms. The minimum Gasteiger partial charge on any atom is -0.488 e. The fourth-order valence-corrected chi connectivity index (χ4v) is 3.55. The third-order valence-electron chi connectivity index (χ3n) is 4.74. The van der Waals surface area contributed by atoms with Gasteiger partial charge in [-0.25, -0.2) is 0 Å². The molecule has 1 atom stereocenters. The molecular weight excluding hydrogens is 290 g/mol. The van der Waals surface area contributed by atoms with Crippen LogP contribution in [0.4, 0.5) is 0 Å². The highest BCUT2D eigenvalue weighted by molar-refractivity contribution is 5.78. The minimum atomic E-state index is 0.159. The third-order valence-corrected chi connectivity index (χ3v) is 4.74. The predicted octanol–water partition coefficient (Wildman–Crippen LogP) is 2.70. The van der Waals surface area contributed by atoms with Crippen molar-refractivity contribution in [3.63, 3.8) is 0 Å². The maximum atomic E-state index is 12.6. The number of fused-ring (bicyclic) bond motifs is 3. The van der Waals surface area contributed by atoms with Crippen LogP contribution in [0, 0.1) is 5.92 Å². The van der Waals surface area contributed by atoms with Crippen molar-refractivity contribution in [1.29, 1.82) is 0 Å². The van der Waals surface area contributed by atoms with E-state index in [0.29, 0.717) is 19.1 Å². The number of likely N-dealkylation sites (tertiary alicyclic amines) is 1. The van der Waals surface area contributed by atoms with Gasteiger partial charge in [0.1, 0.15) is 18.9 Å². The number of carbonyl (C=O) groups excluding carboxylic acids is 1. The van der Waals surface area contributed by atoms with E-state index in [1.165, 1.54) is 6.42 Å². The number of piperidine rings is 1. The Hall–Kier alpha value is -2.30. The molecule has 0 radical (unpaired) electrons. The lowest BCUT2D eigenvalue weighted by molar-refractivity contribution is -0.133. The molecule has 0 spiro atoms. The van der Waals surface area contributed by atoms with Crippen molar-refractivity contribution in [2.45, 2.75) is 32.9 Å². The van der Waals surface area contributed by atoms with Crippen molar-refractivity contribution < 1.29 is 9.53 Å². The van der Waals surface area contributed by atoms with Gasteiger partial charge in [-0.15, -0.1) is 0 Å². The van der Waals surface area contributed by atoms with Crippen LogP contribution in [-0.4, -0.2) is 33.7 Å². The molecule has 23 heavy (non-hydrogen) atoms. The van der Waals surface area contributed by atoms with E-state index < -0.39 is 0 Å². The van der Waals surface area contributed by atoms with Crippen LogP contribution < -0.4 is 4.74 Å². The van der Waals surface area contributed by atoms with E-state index in [2.05, 4.69) is 12.0 Å².